The molecule has 1 saturated heterocycles. The predicted octanol–water partition coefficient (Wildman–Crippen LogP) is 3.66. The highest BCUT2D eigenvalue weighted by Gasteiger charge is 2.34. The summed E-state index contributed by atoms with van der Waals surface area (Å²) < 4.78 is 69.8. The number of piperidine rings is 1. The number of ether oxygens (including phenoxy) is 3. The van der Waals surface area contributed by atoms with E-state index in [1.165, 1.54) is 4.90 Å². The van der Waals surface area contributed by atoms with Crippen LogP contribution in [0.5, 0.6) is 5.75 Å². The van der Waals surface area contributed by atoms with Gasteiger partial charge in [-0.05, 0) is 47.5 Å². The first kappa shape index (κ1) is 30.8. The molecule has 9 nitrogen and oxygen atoms in total. The van der Waals surface area contributed by atoms with Crippen LogP contribution in [0.4, 0.5) is 22.4 Å². The maximum atomic E-state index is 13.9. The largest absolute Gasteiger partial charge is 0.479 e. The Kier molecular flexibility index (Phi) is 10.5. The number of hydrogen-bond donors (Lipinski definition) is 1. The van der Waals surface area contributed by atoms with Gasteiger partial charge in [-0.25, -0.2) is 13.6 Å². The molecular formula is C25H32F4N2O7. The molecule has 1 aromatic rings. The van der Waals surface area contributed by atoms with E-state index in [9.17, 15) is 36.7 Å². The number of esters is 1. The van der Waals surface area contributed by atoms with Gasteiger partial charge in [0, 0.05) is 19.2 Å². The molecule has 0 saturated carbocycles. The lowest BCUT2D eigenvalue weighted by atomic mass is 9.96. The van der Waals surface area contributed by atoms with E-state index in [-0.39, 0.29) is 18.7 Å². The van der Waals surface area contributed by atoms with Crippen molar-refractivity contribution in [2.75, 3.05) is 19.7 Å². The van der Waals surface area contributed by atoms with Gasteiger partial charge in [0.05, 0.1) is 18.4 Å². The van der Waals surface area contributed by atoms with Crippen LogP contribution in [0.1, 0.15) is 53.9 Å². The van der Waals surface area contributed by atoms with Crippen LogP contribution < -0.4 is 10.1 Å². The van der Waals surface area contributed by atoms with Gasteiger partial charge in [0.25, 0.3) is 0 Å². The number of carbonyl (C=O) groups excluding carboxylic acids is 4. The topological polar surface area (TPSA) is 111 Å². The minimum Gasteiger partial charge on any atom is -0.479 e. The number of halogens is 4. The number of hydrogen-bond acceptors (Lipinski definition) is 7. The zero-order valence-electron chi connectivity index (χ0n) is 21.9. The molecule has 1 N–H and O–H groups in total. The van der Waals surface area contributed by atoms with Crippen molar-refractivity contribution in [1.82, 2.24) is 10.2 Å². The maximum Gasteiger partial charge on any atom is 0.410 e. The Morgan fingerprint density at radius 2 is 1.68 bits per heavy atom. The van der Waals surface area contributed by atoms with Crippen molar-refractivity contribution in [3.63, 3.8) is 0 Å². The normalized spacial score (nSPS) is 16.6. The summed E-state index contributed by atoms with van der Waals surface area (Å²) >= 11 is 0. The van der Waals surface area contributed by atoms with Crippen LogP contribution in [-0.2, 0) is 23.9 Å². The molecule has 0 radical (unpaired) electrons. The van der Waals surface area contributed by atoms with E-state index in [4.69, 9.17) is 14.2 Å². The first-order valence-corrected chi connectivity index (χ1v) is 12.0. The molecule has 0 unspecified atom stereocenters. The summed E-state index contributed by atoms with van der Waals surface area (Å²) in [5.41, 5.74) is -0.919. The third-order valence-corrected chi connectivity index (χ3v) is 5.31. The van der Waals surface area contributed by atoms with E-state index in [0.29, 0.717) is 19.4 Å². The summed E-state index contributed by atoms with van der Waals surface area (Å²) in [7, 11) is 0. The Bertz CT molecular complexity index is 1030. The van der Waals surface area contributed by atoms with E-state index in [1.807, 2.05) is 0 Å². The number of benzene rings is 1. The number of rotatable bonds is 9. The lowest BCUT2D eigenvalue weighted by Crippen LogP contribution is -2.51. The van der Waals surface area contributed by atoms with Crippen LogP contribution in [0.2, 0.25) is 0 Å². The van der Waals surface area contributed by atoms with Gasteiger partial charge in [-0.2, -0.15) is 8.78 Å². The van der Waals surface area contributed by atoms with E-state index in [2.05, 4.69) is 5.32 Å². The number of Topliss-reactive ketones (excluding diaryl/α,β-unsaturated/α-hetero) is 1. The lowest BCUT2D eigenvalue weighted by Gasteiger charge is -2.32. The fourth-order valence-electron chi connectivity index (χ4n) is 3.64. The number of carbonyl (C=O) groups is 4. The van der Waals surface area contributed by atoms with Crippen molar-refractivity contribution in [2.24, 2.45) is 5.92 Å². The summed E-state index contributed by atoms with van der Waals surface area (Å²) in [6.45, 7) is 7.35. The Hall–Kier alpha value is -3.38. The number of amides is 2. The standard InChI is InChI=1S/C25H32F4N2O7/c1-13(2)37-24(35)31-8-6-7-14(11-31)23(34)30-17(10-19(33)38-25(3,4)5)18(32)12-36-22-20(28)15(26)9-16(27)21(22)29/h9,13-14,17H,6-8,10-12H2,1-5H3,(H,30,34)/t14-,17+/m1/s1. The Morgan fingerprint density at radius 3 is 2.24 bits per heavy atom. The molecular weight excluding hydrogens is 516 g/mol. The average molecular weight is 549 g/mol. The lowest BCUT2D eigenvalue weighted by molar-refractivity contribution is -0.156. The zero-order chi connectivity index (χ0) is 28.8. The Labute approximate surface area is 217 Å². The van der Waals surface area contributed by atoms with Crippen LogP contribution in [0.3, 0.4) is 0 Å². The Balaban J connectivity index is 2.16. The predicted molar refractivity (Wildman–Crippen MR) is 125 cm³/mol. The molecule has 1 fully saturated rings. The molecule has 2 atom stereocenters. The fourth-order valence-corrected chi connectivity index (χ4v) is 3.64. The third-order valence-electron chi connectivity index (χ3n) is 5.31. The van der Waals surface area contributed by atoms with Gasteiger partial charge in [0.1, 0.15) is 18.2 Å². The van der Waals surface area contributed by atoms with Gasteiger partial charge in [0.15, 0.2) is 23.2 Å². The summed E-state index contributed by atoms with van der Waals surface area (Å²) in [5.74, 6) is -11.9. The Morgan fingerprint density at radius 1 is 1.08 bits per heavy atom. The maximum absolute atomic E-state index is 13.9. The molecule has 1 aliphatic heterocycles. The molecule has 2 amide bonds. The van der Waals surface area contributed by atoms with Gasteiger partial charge < -0.3 is 24.4 Å². The number of likely N-dealkylation sites (tertiary alicyclic amines) is 1. The summed E-state index contributed by atoms with van der Waals surface area (Å²) in [6.07, 6.45) is -0.769. The van der Waals surface area contributed by atoms with Crippen LogP contribution >= 0.6 is 0 Å². The van der Waals surface area contributed by atoms with Crippen molar-refractivity contribution in [1.29, 1.82) is 0 Å². The quantitative estimate of drug-likeness (QED) is 0.285. The zero-order valence-corrected chi connectivity index (χ0v) is 21.9. The third kappa shape index (κ3) is 8.88. The molecule has 212 valence electrons. The van der Waals surface area contributed by atoms with E-state index >= 15 is 0 Å². The smallest absolute Gasteiger partial charge is 0.410 e. The monoisotopic (exact) mass is 548 g/mol. The highest BCUT2D eigenvalue weighted by molar-refractivity contribution is 5.93. The number of nitrogens with one attached hydrogen (secondary N) is 1. The second-order valence-corrected chi connectivity index (χ2v) is 10.1. The average Bonchev–Trinajstić information content (AvgIpc) is 2.80. The molecule has 1 heterocycles. The minimum atomic E-state index is -1.85. The molecule has 13 heteroatoms. The SMILES string of the molecule is CC(C)OC(=O)N1CCC[C@@H](C(=O)N[C@@H](CC(=O)OC(C)(C)C)C(=O)COc2c(F)c(F)cc(F)c2F)C1. The molecule has 0 aliphatic carbocycles. The molecule has 1 aliphatic rings. The van der Waals surface area contributed by atoms with Gasteiger partial charge in [-0.3, -0.25) is 14.4 Å². The molecule has 0 aromatic heterocycles. The molecule has 0 spiro atoms. The second kappa shape index (κ2) is 12.9. The van der Waals surface area contributed by atoms with Crippen LogP contribution in [0, 0.1) is 29.2 Å². The van der Waals surface area contributed by atoms with Gasteiger partial charge in [0.2, 0.25) is 17.5 Å². The highest BCUT2D eigenvalue weighted by Crippen LogP contribution is 2.26. The van der Waals surface area contributed by atoms with E-state index < -0.39 is 83.4 Å². The van der Waals surface area contributed by atoms with E-state index in [1.54, 1.807) is 34.6 Å². The summed E-state index contributed by atoms with van der Waals surface area (Å²) in [6, 6.07) is -1.57. The van der Waals surface area contributed by atoms with Crippen LogP contribution in [0.15, 0.2) is 6.07 Å². The van der Waals surface area contributed by atoms with Crippen molar-refractivity contribution in [2.45, 2.75) is 71.6 Å². The first-order valence-electron chi connectivity index (χ1n) is 12.0. The second-order valence-electron chi connectivity index (χ2n) is 10.1. The van der Waals surface area contributed by atoms with Gasteiger partial charge in [-0.15, -0.1) is 0 Å². The molecule has 1 aromatic carbocycles. The van der Waals surface area contributed by atoms with Crippen molar-refractivity contribution >= 4 is 23.8 Å². The van der Waals surface area contributed by atoms with Crippen LogP contribution in [0.25, 0.3) is 0 Å². The van der Waals surface area contributed by atoms with E-state index in [0.717, 1.165) is 0 Å². The number of ketones is 1. The molecule has 0 bridgehead atoms. The highest BCUT2D eigenvalue weighted by atomic mass is 19.2. The first-order chi connectivity index (χ1) is 17.6. The molecule has 38 heavy (non-hydrogen) atoms. The van der Waals surface area contributed by atoms with Gasteiger partial charge >= 0.3 is 12.1 Å². The summed E-state index contributed by atoms with van der Waals surface area (Å²) in [4.78, 5) is 51.8. The molecule has 2 rings (SSSR count). The fraction of sp³-hybridized carbons (Fsp3) is 0.600. The van der Waals surface area contributed by atoms with Crippen molar-refractivity contribution in [3.8, 4) is 5.75 Å². The number of nitrogens with zero attached hydrogens (tertiary/aromatic N) is 1. The van der Waals surface area contributed by atoms with Crippen LogP contribution in [-0.4, -0.2) is 66.1 Å². The van der Waals surface area contributed by atoms with Gasteiger partial charge in [-0.1, -0.05) is 0 Å². The van der Waals surface area contributed by atoms with Crippen molar-refractivity contribution < 1.29 is 51.0 Å². The summed E-state index contributed by atoms with van der Waals surface area (Å²) in [5, 5.41) is 2.41. The van der Waals surface area contributed by atoms with Crippen molar-refractivity contribution in [3.05, 3.63) is 29.3 Å². The minimum absolute atomic E-state index is 0.000224.